The van der Waals surface area contributed by atoms with Gasteiger partial charge in [-0.2, -0.15) is 0 Å². The van der Waals surface area contributed by atoms with Gasteiger partial charge in [0.2, 0.25) is 0 Å². The van der Waals surface area contributed by atoms with Gasteiger partial charge in [-0.3, -0.25) is 9.59 Å². The van der Waals surface area contributed by atoms with Gasteiger partial charge in [-0.25, -0.2) is 0 Å². The number of nitrogens with one attached hydrogen (secondary N) is 1. The molecule has 25 heavy (non-hydrogen) atoms. The molecule has 0 spiro atoms. The van der Waals surface area contributed by atoms with Crippen molar-refractivity contribution in [2.24, 2.45) is 0 Å². The normalized spacial score (nSPS) is 11.5. The Labute approximate surface area is 148 Å². The van der Waals surface area contributed by atoms with Crippen LogP contribution in [0.1, 0.15) is 28.4 Å². The highest BCUT2D eigenvalue weighted by Crippen LogP contribution is 2.14. The zero-order valence-electron chi connectivity index (χ0n) is 15.1. The molecule has 0 heterocycles. The highest BCUT2D eigenvalue weighted by atomic mass is 16.5. The summed E-state index contributed by atoms with van der Waals surface area (Å²) in [5.74, 6) is 0.444. The van der Waals surface area contributed by atoms with Gasteiger partial charge in [0.1, 0.15) is 5.75 Å². The van der Waals surface area contributed by atoms with Crippen LogP contribution in [0.4, 0.5) is 0 Å². The van der Waals surface area contributed by atoms with Crippen LogP contribution in [0.2, 0.25) is 0 Å². The number of rotatable bonds is 6. The van der Waals surface area contributed by atoms with Crippen molar-refractivity contribution < 1.29 is 14.3 Å². The highest BCUT2D eigenvalue weighted by molar-refractivity contribution is 5.93. The second-order valence-electron chi connectivity index (χ2n) is 6.19. The van der Waals surface area contributed by atoms with Crippen LogP contribution >= 0.6 is 0 Å². The van der Waals surface area contributed by atoms with Gasteiger partial charge in [0.25, 0.3) is 11.8 Å². The molecule has 1 N–H and O–H groups in total. The third-order valence-electron chi connectivity index (χ3n) is 3.75. The third-order valence-corrected chi connectivity index (χ3v) is 3.75. The topological polar surface area (TPSA) is 58.6 Å². The molecule has 2 rings (SSSR count). The van der Waals surface area contributed by atoms with Gasteiger partial charge in [-0.1, -0.05) is 24.3 Å². The zero-order valence-corrected chi connectivity index (χ0v) is 15.1. The molecule has 0 aromatic heterocycles. The standard InChI is InChI=1S/C20H24N2O3/c1-14-6-5-7-18(12-14)25-15(2)19(23)21-13-16-8-10-17(11-9-16)20(24)22(3)4/h5-12,15H,13H2,1-4H3,(H,21,23). The van der Waals surface area contributed by atoms with E-state index in [1.807, 2.05) is 43.3 Å². The van der Waals surface area contributed by atoms with Crippen molar-refractivity contribution in [2.45, 2.75) is 26.5 Å². The summed E-state index contributed by atoms with van der Waals surface area (Å²) >= 11 is 0. The van der Waals surface area contributed by atoms with Crippen LogP contribution in [-0.4, -0.2) is 36.9 Å². The van der Waals surface area contributed by atoms with E-state index in [2.05, 4.69) is 5.32 Å². The van der Waals surface area contributed by atoms with E-state index < -0.39 is 6.10 Å². The van der Waals surface area contributed by atoms with Crippen molar-refractivity contribution >= 4 is 11.8 Å². The van der Waals surface area contributed by atoms with Crippen molar-refractivity contribution in [1.29, 1.82) is 0 Å². The summed E-state index contributed by atoms with van der Waals surface area (Å²) in [6, 6.07) is 14.8. The highest BCUT2D eigenvalue weighted by Gasteiger charge is 2.14. The second-order valence-corrected chi connectivity index (χ2v) is 6.19. The number of aryl methyl sites for hydroxylation is 1. The first kappa shape index (κ1) is 18.5. The molecule has 0 saturated heterocycles. The number of carbonyl (C=O) groups is 2. The van der Waals surface area contributed by atoms with Crippen molar-refractivity contribution in [3.63, 3.8) is 0 Å². The first-order chi connectivity index (χ1) is 11.9. The molecule has 0 radical (unpaired) electrons. The number of ether oxygens (including phenoxy) is 1. The van der Waals surface area contributed by atoms with E-state index in [-0.39, 0.29) is 11.8 Å². The average molecular weight is 340 g/mol. The van der Waals surface area contributed by atoms with Crippen molar-refractivity contribution in [1.82, 2.24) is 10.2 Å². The van der Waals surface area contributed by atoms with Gasteiger partial charge < -0.3 is 15.0 Å². The van der Waals surface area contributed by atoms with Crippen LogP contribution < -0.4 is 10.1 Å². The van der Waals surface area contributed by atoms with Crippen LogP contribution in [0, 0.1) is 6.92 Å². The molecule has 1 unspecified atom stereocenters. The van der Waals surface area contributed by atoms with Gasteiger partial charge >= 0.3 is 0 Å². The lowest BCUT2D eigenvalue weighted by molar-refractivity contribution is -0.127. The summed E-state index contributed by atoms with van der Waals surface area (Å²) < 4.78 is 5.66. The Morgan fingerprint density at radius 3 is 2.40 bits per heavy atom. The fraction of sp³-hybridized carbons (Fsp3) is 0.300. The molecule has 0 aliphatic rings. The van der Waals surface area contributed by atoms with E-state index in [9.17, 15) is 9.59 Å². The quantitative estimate of drug-likeness (QED) is 0.880. The zero-order chi connectivity index (χ0) is 18.4. The molecule has 0 aliphatic carbocycles. The minimum absolute atomic E-state index is 0.0456. The summed E-state index contributed by atoms with van der Waals surface area (Å²) in [7, 11) is 3.43. The average Bonchev–Trinajstić information content (AvgIpc) is 2.59. The van der Waals surface area contributed by atoms with Crippen molar-refractivity contribution in [3.8, 4) is 5.75 Å². The third kappa shape index (κ3) is 5.35. The van der Waals surface area contributed by atoms with Crippen LogP contribution in [0.25, 0.3) is 0 Å². The SMILES string of the molecule is Cc1cccc(OC(C)C(=O)NCc2ccc(C(=O)N(C)C)cc2)c1. The molecule has 2 amide bonds. The maximum absolute atomic E-state index is 12.2. The van der Waals surface area contributed by atoms with Crippen molar-refractivity contribution in [2.75, 3.05) is 14.1 Å². The molecule has 0 bridgehead atoms. The minimum atomic E-state index is -0.587. The Morgan fingerprint density at radius 1 is 1.12 bits per heavy atom. The number of nitrogens with zero attached hydrogens (tertiary/aromatic N) is 1. The molecule has 0 aliphatic heterocycles. The molecule has 1 atom stereocenters. The van der Waals surface area contributed by atoms with E-state index in [0.717, 1.165) is 11.1 Å². The fourth-order valence-electron chi connectivity index (χ4n) is 2.30. The summed E-state index contributed by atoms with van der Waals surface area (Å²) in [6.45, 7) is 4.08. The van der Waals surface area contributed by atoms with E-state index in [4.69, 9.17) is 4.74 Å². The Kier molecular flexibility index (Phi) is 6.17. The van der Waals surface area contributed by atoms with Gasteiger partial charge in [0.05, 0.1) is 0 Å². The van der Waals surface area contributed by atoms with E-state index in [1.54, 1.807) is 33.2 Å². The van der Waals surface area contributed by atoms with Crippen LogP contribution in [0.5, 0.6) is 5.75 Å². The van der Waals surface area contributed by atoms with Gasteiger partial charge in [0.15, 0.2) is 6.10 Å². The maximum Gasteiger partial charge on any atom is 0.261 e. The first-order valence-corrected chi connectivity index (χ1v) is 8.18. The molecule has 2 aromatic rings. The maximum atomic E-state index is 12.2. The van der Waals surface area contributed by atoms with Crippen LogP contribution in [0.15, 0.2) is 48.5 Å². The minimum Gasteiger partial charge on any atom is -0.481 e. The smallest absolute Gasteiger partial charge is 0.261 e. The van der Waals surface area contributed by atoms with E-state index in [0.29, 0.717) is 17.9 Å². The number of carbonyl (C=O) groups excluding carboxylic acids is 2. The molecular weight excluding hydrogens is 316 g/mol. The molecule has 0 fully saturated rings. The molecule has 5 heteroatoms. The molecule has 0 saturated carbocycles. The van der Waals surface area contributed by atoms with E-state index >= 15 is 0 Å². The summed E-state index contributed by atoms with van der Waals surface area (Å²) in [6.07, 6.45) is -0.587. The fourth-order valence-corrected chi connectivity index (χ4v) is 2.30. The molecular formula is C20H24N2O3. The van der Waals surface area contributed by atoms with Crippen LogP contribution in [-0.2, 0) is 11.3 Å². The van der Waals surface area contributed by atoms with E-state index in [1.165, 1.54) is 4.90 Å². The summed E-state index contributed by atoms with van der Waals surface area (Å²) in [5, 5.41) is 2.85. The van der Waals surface area contributed by atoms with Gasteiger partial charge in [-0.15, -0.1) is 0 Å². The second kappa shape index (κ2) is 8.33. The molecule has 2 aromatic carbocycles. The Bertz CT molecular complexity index is 739. The Morgan fingerprint density at radius 2 is 1.80 bits per heavy atom. The van der Waals surface area contributed by atoms with Crippen molar-refractivity contribution in [3.05, 3.63) is 65.2 Å². The lowest BCUT2D eigenvalue weighted by Gasteiger charge is -2.15. The lowest BCUT2D eigenvalue weighted by Crippen LogP contribution is -2.35. The number of amides is 2. The first-order valence-electron chi connectivity index (χ1n) is 8.18. The van der Waals surface area contributed by atoms with Crippen LogP contribution in [0.3, 0.4) is 0 Å². The largest absolute Gasteiger partial charge is 0.481 e. The number of hydrogen-bond donors (Lipinski definition) is 1. The molecule has 132 valence electrons. The predicted octanol–water partition coefficient (Wildman–Crippen LogP) is 2.78. The number of hydrogen-bond acceptors (Lipinski definition) is 3. The Hall–Kier alpha value is -2.82. The summed E-state index contributed by atoms with van der Waals surface area (Å²) in [4.78, 5) is 25.6. The lowest BCUT2D eigenvalue weighted by atomic mass is 10.1. The summed E-state index contributed by atoms with van der Waals surface area (Å²) in [5.41, 5.74) is 2.63. The predicted molar refractivity (Wildman–Crippen MR) is 97.6 cm³/mol. The Balaban J connectivity index is 1.87. The van der Waals surface area contributed by atoms with Gasteiger partial charge in [-0.05, 0) is 49.2 Å². The monoisotopic (exact) mass is 340 g/mol. The van der Waals surface area contributed by atoms with Gasteiger partial charge in [0, 0.05) is 26.2 Å². The number of benzene rings is 2. The molecule has 5 nitrogen and oxygen atoms in total.